The number of anilines is 1. The summed E-state index contributed by atoms with van der Waals surface area (Å²) in [4.78, 5) is 13.7. The Kier molecular flexibility index (Phi) is 4.36. The van der Waals surface area contributed by atoms with Gasteiger partial charge in [-0.05, 0) is 58.0 Å². The molecule has 156 valence electrons. The average molecular weight is 418 g/mol. The number of allylic oxidation sites excluding steroid dienone is 1. The van der Waals surface area contributed by atoms with Crippen molar-refractivity contribution in [1.82, 2.24) is 0 Å². The van der Waals surface area contributed by atoms with E-state index in [4.69, 9.17) is 0 Å². The first-order valence-electron chi connectivity index (χ1n) is 11.1. The summed E-state index contributed by atoms with van der Waals surface area (Å²) in [5, 5.41) is 16.1. The smallest absolute Gasteiger partial charge is 0.162 e. The number of aromatic hydroxyl groups is 1. The van der Waals surface area contributed by atoms with Gasteiger partial charge in [0.2, 0.25) is 0 Å². The Labute approximate surface area is 187 Å². The van der Waals surface area contributed by atoms with E-state index in [-0.39, 0.29) is 23.5 Å². The fourth-order valence-corrected chi connectivity index (χ4v) is 5.36. The topological polar surface area (TPSA) is 49.3 Å². The Hall–Kier alpha value is -3.85. The molecule has 0 aromatic heterocycles. The molecule has 0 spiro atoms. The average Bonchev–Trinajstić information content (AvgIpc) is 2.83. The molecule has 1 heterocycles. The van der Waals surface area contributed by atoms with Gasteiger partial charge < -0.3 is 10.4 Å². The standard InChI is InChI=1S/C29H23NO2/c31-22-11-6-10-20(15-22)29-28-24(16-21(17-26(28)32)18-7-2-1-3-8-18)27-23-12-5-4-9-19(23)13-14-25(27)30-29/h1-15,21,29-31H,16-17H2/t21-,29-/m0/s1. The number of carbonyl (C=O) groups is 1. The predicted molar refractivity (Wildman–Crippen MR) is 129 cm³/mol. The molecule has 0 bridgehead atoms. The molecule has 0 radical (unpaired) electrons. The van der Waals surface area contributed by atoms with Crippen LogP contribution in [-0.4, -0.2) is 10.9 Å². The number of hydrogen-bond acceptors (Lipinski definition) is 3. The molecule has 2 aliphatic rings. The van der Waals surface area contributed by atoms with Gasteiger partial charge in [0.15, 0.2) is 5.78 Å². The summed E-state index contributed by atoms with van der Waals surface area (Å²) in [5.74, 6) is 0.554. The van der Waals surface area contributed by atoms with Crippen molar-refractivity contribution in [2.75, 3.05) is 5.32 Å². The summed E-state index contributed by atoms with van der Waals surface area (Å²) in [7, 11) is 0. The number of phenolic OH excluding ortho intramolecular Hbond substituents is 1. The number of nitrogens with one attached hydrogen (secondary N) is 1. The Balaban J connectivity index is 1.59. The summed E-state index contributed by atoms with van der Waals surface area (Å²) in [6.07, 6.45) is 1.32. The summed E-state index contributed by atoms with van der Waals surface area (Å²) in [6, 6.07) is 30.0. The molecular weight excluding hydrogens is 394 g/mol. The van der Waals surface area contributed by atoms with Gasteiger partial charge in [-0.3, -0.25) is 4.79 Å². The van der Waals surface area contributed by atoms with Gasteiger partial charge in [-0.2, -0.15) is 0 Å². The van der Waals surface area contributed by atoms with Crippen LogP contribution in [0.1, 0.15) is 41.5 Å². The van der Waals surface area contributed by atoms with Crippen LogP contribution in [0.15, 0.2) is 96.6 Å². The first-order valence-corrected chi connectivity index (χ1v) is 11.1. The number of hydrogen-bond donors (Lipinski definition) is 2. The largest absolute Gasteiger partial charge is 0.508 e. The summed E-state index contributed by atoms with van der Waals surface area (Å²) < 4.78 is 0. The lowest BCUT2D eigenvalue weighted by Crippen LogP contribution is -2.29. The van der Waals surface area contributed by atoms with Gasteiger partial charge in [0.1, 0.15) is 5.75 Å². The molecule has 0 unspecified atom stereocenters. The predicted octanol–water partition coefficient (Wildman–Crippen LogP) is 6.61. The second-order valence-corrected chi connectivity index (χ2v) is 8.71. The second-order valence-electron chi connectivity index (χ2n) is 8.71. The Bertz CT molecular complexity index is 1390. The van der Waals surface area contributed by atoms with Crippen LogP contribution < -0.4 is 5.32 Å². The molecule has 1 aliphatic carbocycles. The highest BCUT2D eigenvalue weighted by atomic mass is 16.3. The van der Waals surface area contributed by atoms with Crippen LogP contribution in [-0.2, 0) is 4.79 Å². The Morgan fingerprint density at radius 1 is 0.781 bits per heavy atom. The maximum Gasteiger partial charge on any atom is 0.162 e. The highest BCUT2D eigenvalue weighted by Gasteiger charge is 2.38. The molecular formula is C29H23NO2. The van der Waals surface area contributed by atoms with E-state index in [1.807, 2.05) is 30.3 Å². The third-order valence-corrected chi connectivity index (χ3v) is 6.80. The van der Waals surface area contributed by atoms with Crippen LogP contribution in [0.25, 0.3) is 16.3 Å². The fourth-order valence-electron chi connectivity index (χ4n) is 5.36. The molecule has 4 aromatic rings. The SMILES string of the molecule is O=C1C[C@@H](c2ccccc2)CC2=C1[C@H](c1cccc(O)c1)Nc1ccc3ccccc3c12. The first-order chi connectivity index (χ1) is 15.7. The van der Waals surface area contributed by atoms with Crippen molar-refractivity contribution in [3.63, 3.8) is 0 Å². The molecule has 6 rings (SSSR count). The molecule has 2 N–H and O–H groups in total. The third kappa shape index (κ3) is 3.01. The fraction of sp³-hybridized carbons (Fsp3) is 0.138. The highest BCUT2D eigenvalue weighted by molar-refractivity contribution is 6.13. The molecule has 4 aromatic carbocycles. The van der Waals surface area contributed by atoms with E-state index in [1.54, 1.807) is 12.1 Å². The van der Waals surface area contributed by atoms with Crippen molar-refractivity contribution < 1.29 is 9.90 Å². The van der Waals surface area contributed by atoms with Crippen molar-refractivity contribution in [3.05, 3.63) is 113 Å². The molecule has 2 atom stereocenters. The molecule has 0 saturated heterocycles. The molecule has 3 nitrogen and oxygen atoms in total. The minimum atomic E-state index is -0.269. The van der Waals surface area contributed by atoms with Gasteiger partial charge in [-0.15, -0.1) is 0 Å². The molecule has 0 saturated carbocycles. The van der Waals surface area contributed by atoms with Gasteiger partial charge in [0.25, 0.3) is 0 Å². The summed E-state index contributed by atoms with van der Waals surface area (Å²) in [5.41, 5.74) is 6.27. The molecule has 0 fully saturated rings. The monoisotopic (exact) mass is 417 g/mol. The summed E-state index contributed by atoms with van der Waals surface area (Å²) in [6.45, 7) is 0. The van der Waals surface area contributed by atoms with Gasteiger partial charge >= 0.3 is 0 Å². The number of ketones is 1. The van der Waals surface area contributed by atoms with Crippen molar-refractivity contribution in [3.8, 4) is 5.75 Å². The van der Waals surface area contributed by atoms with Crippen LogP contribution in [0.4, 0.5) is 5.69 Å². The maximum absolute atomic E-state index is 13.7. The van der Waals surface area contributed by atoms with E-state index in [1.165, 1.54) is 16.3 Å². The second kappa shape index (κ2) is 7.38. The van der Waals surface area contributed by atoms with Crippen LogP contribution in [0, 0.1) is 0 Å². The number of benzene rings is 4. The van der Waals surface area contributed by atoms with Crippen LogP contribution in [0.2, 0.25) is 0 Å². The number of Topliss-reactive ketones (excluding diaryl/α,β-unsaturated/α-hetero) is 1. The lowest BCUT2D eigenvalue weighted by atomic mass is 9.71. The van der Waals surface area contributed by atoms with E-state index in [2.05, 4.69) is 53.8 Å². The van der Waals surface area contributed by atoms with E-state index < -0.39 is 0 Å². The van der Waals surface area contributed by atoms with E-state index in [0.717, 1.165) is 34.4 Å². The van der Waals surface area contributed by atoms with Crippen molar-refractivity contribution in [2.24, 2.45) is 0 Å². The van der Waals surface area contributed by atoms with E-state index >= 15 is 0 Å². The van der Waals surface area contributed by atoms with Crippen LogP contribution in [0.3, 0.4) is 0 Å². The molecule has 32 heavy (non-hydrogen) atoms. The lowest BCUT2D eigenvalue weighted by molar-refractivity contribution is -0.116. The molecule has 0 amide bonds. The normalized spacial score (nSPS) is 19.9. The first kappa shape index (κ1) is 18.9. The van der Waals surface area contributed by atoms with Crippen molar-refractivity contribution in [1.29, 1.82) is 0 Å². The zero-order chi connectivity index (χ0) is 21.7. The highest BCUT2D eigenvalue weighted by Crippen LogP contribution is 2.51. The third-order valence-electron chi connectivity index (χ3n) is 6.80. The van der Waals surface area contributed by atoms with Crippen molar-refractivity contribution >= 4 is 27.8 Å². The summed E-state index contributed by atoms with van der Waals surface area (Å²) >= 11 is 0. The van der Waals surface area contributed by atoms with Gasteiger partial charge in [0.05, 0.1) is 6.04 Å². The number of phenols is 1. The number of fused-ring (bicyclic) bond motifs is 4. The minimum absolute atomic E-state index is 0.164. The number of rotatable bonds is 2. The van der Waals surface area contributed by atoms with Gasteiger partial charge in [-0.25, -0.2) is 0 Å². The maximum atomic E-state index is 13.7. The Morgan fingerprint density at radius 3 is 2.41 bits per heavy atom. The van der Waals surface area contributed by atoms with Crippen molar-refractivity contribution in [2.45, 2.75) is 24.8 Å². The molecule has 1 aliphatic heterocycles. The quantitative estimate of drug-likeness (QED) is 0.386. The zero-order valence-electron chi connectivity index (χ0n) is 17.6. The van der Waals surface area contributed by atoms with Gasteiger partial charge in [0, 0.05) is 23.2 Å². The van der Waals surface area contributed by atoms with Crippen LogP contribution in [0.5, 0.6) is 5.75 Å². The van der Waals surface area contributed by atoms with Crippen LogP contribution >= 0.6 is 0 Å². The lowest BCUT2D eigenvalue weighted by Gasteiger charge is -2.37. The van der Waals surface area contributed by atoms with Gasteiger partial charge in [-0.1, -0.05) is 72.8 Å². The number of carbonyl (C=O) groups excluding carboxylic acids is 1. The zero-order valence-corrected chi connectivity index (χ0v) is 17.6. The Morgan fingerprint density at radius 2 is 1.56 bits per heavy atom. The molecule has 3 heteroatoms. The minimum Gasteiger partial charge on any atom is -0.508 e. The van der Waals surface area contributed by atoms with E-state index in [0.29, 0.717) is 6.42 Å². The van der Waals surface area contributed by atoms with E-state index in [9.17, 15) is 9.90 Å².